The predicted molar refractivity (Wildman–Crippen MR) is 75.7 cm³/mol. The fourth-order valence-electron chi connectivity index (χ4n) is 2.04. The zero-order chi connectivity index (χ0) is 14.4. The van der Waals surface area contributed by atoms with Crippen LogP contribution in [-0.2, 0) is 11.2 Å². The minimum atomic E-state index is -0.257. The number of aromatic nitrogens is 2. The molecule has 1 aliphatic heterocycles. The third kappa shape index (κ3) is 3.73. The SMILES string of the molecule is CCCc1nnsc1C(=O)NCC(=O)N1CCNCC1. The second-order valence-corrected chi connectivity index (χ2v) is 5.37. The summed E-state index contributed by atoms with van der Waals surface area (Å²) in [5.41, 5.74) is 0.713. The van der Waals surface area contributed by atoms with Gasteiger partial charge in [0.05, 0.1) is 12.2 Å². The lowest BCUT2D eigenvalue weighted by Crippen LogP contribution is -2.49. The van der Waals surface area contributed by atoms with Gasteiger partial charge in [0.25, 0.3) is 5.91 Å². The summed E-state index contributed by atoms with van der Waals surface area (Å²) in [5, 5.41) is 9.79. The van der Waals surface area contributed by atoms with E-state index in [2.05, 4.69) is 20.2 Å². The zero-order valence-corrected chi connectivity index (χ0v) is 12.3. The third-order valence-corrected chi connectivity index (χ3v) is 3.89. The summed E-state index contributed by atoms with van der Waals surface area (Å²) in [6.45, 7) is 5.05. The Morgan fingerprint density at radius 2 is 2.15 bits per heavy atom. The normalized spacial score (nSPS) is 15.2. The monoisotopic (exact) mass is 297 g/mol. The highest BCUT2D eigenvalue weighted by Crippen LogP contribution is 2.12. The fourth-order valence-corrected chi connectivity index (χ4v) is 2.67. The lowest BCUT2D eigenvalue weighted by molar-refractivity contribution is -0.130. The number of nitrogens with one attached hydrogen (secondary N) is 2. The molecule has 0 spiro atoms. The molecule has 0 atom stereocenters. The van der Waals surface area contributed by atoms with Crippen LogP contribution in [0.4, 0.5) is 0 Å². The van der Waals surface area contributed by atoms with Gasteiger partial charge in [0, 0.05) is 26.2 Å². The van der Waals surface area contributed by atoms with E-state index in [-0.39, 0.29) is 18.4 Å². The van der Waals surface area contributed by atoms with Crippen LogP contribution < -0.4 is 10.6 Å². The van der Waals surface area contributed by atoms with Crippen LogP contribution in [0.1, 0.15) is 28.7 Å². The number of carbonyl (C=O) groups excluding carboxylic acids is 2. The van der Waals surface area contributed by atoms with Gasteiger partial charge in [-0.3, -0.25) is 9.59 Å². The first kappa shape index (κ1) is 14.9. The van der Waals surface area contributed by atoms with E-state index in [1.165, 1.54) is 0 Å². The highest BCUT2D eigenvalue weighted by Gasteiger charge is 2.19. The Morgan fingerprint density at radius 3 is 2.85 bits per heavy atom. The van der Waals surface area contributed by atoms with Crippen molar-refractivity contribution in [3.8, 4) is 0 Å². The largest absolute Gasteiger partial charge is 0.342 e. The molecule has 2 rings (SSSR count). The van der Waals surface area contributed by atoms with Gasteiger partial charge in [-0.1, -0.05) is 17.8 Å². The van der Waals surface area contributed by atoms with Crippen LogP contribution in [0.2, 0.25) is 0 Å². The van der Waals surface area contributed by atoms with Gasteiger partial charge in [-0.25, -0.2) is 0 Å². The predicted octanol–water partition coefficient (Wildman–Crippen LogP) is -0.348. The number of rotatable bonds is 5. The Labute approximate surface area is 121 Å². The lowest BCUT2D eigenvalue weighted by Gasteiger charge is -2.27. The summed E-state index contributed by atoms with van der Waals surface area (Å²) in [5.74, 6) is -0.304. The fraction of sp³-hybridized carbons (Fsp3) is 0.667. The topological polar surface area (TPSA) is 87.2 Å². The van der Waals surface area contributed by atoms with Crippen LogP contribution in [0.15, 0.2) is 0 Å². The van der Waals surface area contributed by atoms with E-state index in [4.69, 9.17) is 0 Å². The maximum atomic E-state index is 12.0. The number of aryl methyl sites for hydroxylation is 1. The average Bonchev–Trinajstić information content (AvgIpc) is 2.94. The van der Waals surface area contributed by atoms with Crippen LogP contribution in [0.5, 0.6) is 0 Å². The molecule has 2 amide bonds. The summed E-state index contributed by atoms with van der Waals surface area (Å²) in [7, 11) is 0. The summed E-state index contributed by atoms with van der Waals surface area (Å²) in [6, 6.07) is 0. The Bertz CT molecular complexity index is 470. The van der Waals surface area contributed by atoms with Crippen molar-refractivity contribution in [3.05, 3.63) is 10.6 Å². The highest BCUT2D eigenvalue weighted by molar-refractivity contribution is 7.08. The van der Waals surface area contributed by atoms with Gasteiger partial charge in [0.15, 0.2) is 0 Å². The summed E-state index contributed by atoms with van der Waals surface area (Å²) >= 11 is 1.08. The number of nitrogens with zero attached hydrogens (tertiary/aromatic N) is 3. The van der Waals surface area contributed by atoms with Crippen molar-refractivity contribution in [2.75, 3.05) is 32.7 Å². The first-order valence-electron chi connectivity index (χ1n) is 6.80. The maximum Gasteiger partial charge on any atom is 0.265 e. The lowest BCUT2D eigenvalue weighted by atomic mass is 10.2. The van der Waals surface area contributed by atoms with Crippen molar-refractivity contribution in [1.82, 2.24) is 25.1 Å². The van der Waals surface area contributed by atoms with E-state index in [1.807, 2.05) is 6.92 Å². The van der Waals surface area contributed by atoms with Gasteiger partial charge in [-0.15, -0.1) is 5.10 Å². The van der Waals surface area contributed by atoms with Crippen LogP contribution in [-0.4, -0.2) is 59.0 Å². The molecule has 110 valence electrons. The minimum absolute atomic E-state index is 0.0301. The number of amides is 2. The van der Waals surface area contributed by atoms with Crippen molar-refractivity contribution in [1.29, 1.82) is 0 Å². The molecule has 0 bridgehead atoms. The highest BCUT2D eigenvalue weighted by atomic mass is 32.1. The summed E-state index contributed by atoms with van der Waals surface area (Å²) < 4.78 is 3.81. The van der Waals surface area contributed by atoms with E-state index < -0.39 is 0 Å². The first-order chi connectivity index (χ1) is 9.72. The van der Waals surface area contributed by atoms with Crippen molar-refractivity contribution < 1.29 is 9.59 Å². The van der Waals surface area contributed by atoms with Gasteiger partial charge in [0.2, 0.25) is 5.91 Å². The Kier molecular flexibility index (Phi) is 5.42. The van der Waals surface area contributed by atoms with E-state index in [0.717, 1.165) is 37.5 Å². The summed E-state index contributed by atoms with van der Waals surface area (Å²) in [4.78, 5) is 26.2. The van der Waals surface area contributed by atoms with Crippen molar-refractivity contribution in [2.45, 2.75) is 19.8 Å². The third-order valence-electron chi connectivity index (χ3n) is 3.12. The molecular weight excluding hydrogens is 278 g/mol. The molecule has 0 aromatic carbocycles. The molecule has 1 aromatic heterocycles. The van der Waals surface area contributed by atoms with Crippen LogP contribution >= 0.6 is 11.5 Å². The van der Waals surface area contributed by atoms with Crippen LogP contribution in [0, 0.1) is 0 Å². The zero-order valence-electron chi connectivity index (χ0n) is 11.5. The van der Waals surface area contributed by atoms with Crippen molar-refractivity contribution in [2.24, 2.45) is 0 Å². The minimum Gasteiger partial charge on any atom is -0.342 e. The van der Waals surface area contributed by atoms with E-state index in [0.29, 0.717) is 23.7 Å². The van der Waals surface area contributed by atoms with E-state index in [9.17, 15) is 9.59 Å². The van der Waals surface area contributed by atoms with Gasteiger partial charge in [0.1, 0.15) is 4.88 Å². The van der Waals surface area contributed by atoms with E-state index >= 15 is 0 Å². The molecule has 1 fully saturated rings. The van der Waals surface area contributed by atoms with Crippen molar-refractivity contribution >= 4 is 23.3 Å². The Hall–Kier alpha value is -1.54. The van der Waals surface area contributed by atoms with Crippen LogP contribution in [0.25, 0.3) is 0 Å². The molecule has 0 radical (unpaired) electrons. The first-order valence-corrected chi connectivity index (χ1v) is 7.57. The number of hydrogen-bond donors (Lipinski definition) is 2. The average molecular weight is 297 g/mol. The standard InChI is InChI=1S/C12H19N5O2S/c1-2-3-9-11(20-16-15-9)12(19)14-8-10(18)17-6-4-13-5-7-17/h13H,2-8H2,1H3,(H,14,19). The molecule has 8 heteroatoms. The van der Waals surface area contributed by atoms with Gasteiger partial charge in [-0.05, 0) is 18.0 Å². The second kappa shape index (κ2) is 7.30. The van der Waals surface area contributed by atoms with E-state index in [1.54, 1.807) is 4.90 Å². The number of hydrogen-bond acceptors (Lipinski definition) is 6. The molecule has 1 aliphatic rings. The van der Waals surface area contributed by atoms with Crippen LogP contribution in [0.3, 0.4) is 0 Å². The van der Waals surface area contributed by atoms with Gasteiger partial charge < -0.3 is 15.5 Å². The molecular formula is C12H19N5O2S. The quantitative estimate of drug-likeness (QED) is 0.776. The molecule has 0 unspecified atom stereocenters. The molecule has 1 saturated heterocycles. The molecule has 7 nitrogen and oxygen atoms in total. The molecule has 2 heterocycles. The maximum absolute atomic E-state index is 12.0. The van der Waals surface area contributed by atoms with Crippen molar-refractivity contribution in [3.63, 3.8) is 0 Å². The Morgan fingerprint density at radius 1 is 1.40 bits per heavy atom. The molecule has 2 N–H and O–H groups in total. The molecule has 20 heavy (non-hydrogen) atoms. The van der Waals surface area contributed by atoms with Gasteiger partial charge >= 0.3 is 0 Å². The molecule has 1 aromatic rings. The number of piperazine rings is 1. The smallest absolute Gasteiger partial charge is 0.265 e. The second-order valence-electron chi connectivity index (χ2n) is 4.61. The number of carbonyl (C=O) groups is 2. The van der Waals surface area contributed by atoms with Gasteiger partial charge in [-0.2, -0.15) is 0 Å². The molecule has 0 aliphatic carbocycles. The Balaban J connectivity index is 1.85. The summed E-state index contributed by atoms with van der Waals surface area (Å²) in [6.07, 6.45) is 1.64. The molecule has 0 saturated carbocycles.